The number of halogens is 1. The highest BCUT2D eigenvalue weighted by Crippen LogP contribution is 2.19. The molecule has 0 fully saturated rings. The molecule has 7 nitrogen and oxygen atoms in total. The maximum atomic E-state index is 13.8. The van der Waals surface area contributed by atoms with E-state index in [0.717, 1.165) is 23.8 Å². The van der Waals surface area contributed by atoms with Gasteiger partial charge in [-0.3, -0.25) is 4.79 Å². The van der Waals surface area contributed by atoms with Crippen molar-refractivity contribution in [1.29, 1.82) is 0 Å². The average molecular weight is 363 g/mol. The SMILES string of the molecule is Cc1cccc2oc(CNC(=O)c3cc(S(N)(=O)=O)ccc3F)nc12. The number of aryl methyl sites for hydroxylation is 1. The fourth-order valence-electron chi connectivity index (χ4n) is 2.31. The van der Waals surface area contributed by atoms with E-state index in [1.807, 2.05) is 19.1 Å². The molecule has 0 saturated carbocycles. The van der Waals surface area contributed by atoms with Gasteiger partial charge in [0.2, 0.25) is 15.9 Å². The van der Waals surface area contributed by atoms with Crippen LogP contribution in [-0.4, -0.2) is 19.3 Å². The number of nitrogens with zero attached hydrogens (tertiary/aromatic N) is 1. The smallest absolute Gasteiger partial charge is 0.254 e. The maximum absolute atomic E-state index is 13.8. The average Bonchev–Trinajstić information content (AvgIpc) is 2.96. The third-order valence-corrected chi connectivity index (χ3v) is 4.49. The summed E-state index contributed by atoms with van der Waals surface area (Å²) in [5.41, 5.74) is 1.74. The fourth-order valence-corrected chi connectivity index (χ4v) is 2.85. The van der Waals surface area contributed by atoms with Crippen LogP contribution < -0.4 is 10.5 Å². The third-order valence-electron chi connectivity index (χ3n) is 3.58. The van der Waals surface area contributed by atoms with Gasteiger partial charge in [0.05, 0.1) is 17.0 Å². The molecule has 0 radical (unpaired) electrons. The van der Waals surface area contributed by atoms with E-state index in [9.17, 15) is 17.6 Å². The first-order valence-corrected chi connectivity index (χ1v) is 8.76. The molecule has 3 aromatic rings. The van der Waals surface area contributed by atoms with Crippen molar-refractivity contribution in [3.05, 3.63) is 59.2 Å². The van der Waals surface area contributed by atoms with Crippen molar-refractivity contribution in [2.24, 2.45) is 5.14 Å². The first-order valence-electron chi connectivity index (χ1n) is 7.21. The highest BCUT2D eigenvalue weighted by atomic mass is 32.2. The lowest BCUT2D eigenvalue weighted by Crippen LogP contribution is -2.24. The molecular weight excluding hydrogens is 349 g/mol. The number of nitrogens with one attached hydrogen (secondary N) is 1. The minimum Gasteiger partial charge on any atom is -0.439 e. The predicted molar refractivity (Wildman–Crippen MR) is 87.7 cm³/mol. The number of rotatable bonds is 4. The maximum Gasteiger partial charge on any atom is 0.254 e. The first-order chi connectivity index (χ1) is 11.8. The molecule has 1 heterocycles. The number of para-hydroxylation sites is 1. The van der Waals surface area contributed by atoms with E-state index in [0.29, 0.717) is 11.1 Å². The van der Waals surface area contributed by atoms with Gasteiger partial charge in [-0.2, -0.15) is 0 Å². The minimum absolute atomic E-state index is 0.0774. The quantitative estimate of drug-likeness (QED) is 0.734. The first kappa shape index (κ1) is 17.1. The Balaban J connectivity index is 1.81. The summed E-state index contributed by atoms with van der Waals surface area (Å²) in [5.74, 6) is -1.42. The lowest BCUT2D eigenvalue weighted by molar-refractivity contribution is 0.0943. The molecule has 9 heteroatoms. The number of hydrogen-bond acceptors (Lipinski definition) is 5. The lowest BCUT2D eigenvalue weighted by atomic mass is 10.2. The molecule has 0 unspecified atom stereocenters. The van der Waals surface area contributed by atoms with Crippen LogP contribution in [0.4, 0.5) is 4.39 Å². The zero-order valence-electron chi connectivity index (χ0n) is 13.1. The number of primary sulfonamides is 1. The Morgan fingerprint density at radius 3 is 2.76 bits per heavy atom. The highest BCUT2D eigenvalue weighted by Gasteiger charge is 2.17. The van der Waals surface area contributed by atoms with Crippen LogP contribution in [0.5, 0.6) is 0 Å². The van der Waals surface area contributed by atoms with E-state index in [2.05, 4.69) is 10.3 Å². The van der Waals surface area contributed by atoms with Gasteiger partial charge in [0.25, 0.3) is 5.91 Å². The second-order valence-electron chi connectivity index (χ2n) is 5.40. The van der Waals surface area contributed by atoms with Gasteiger partial charge in [-0.1, -0.05) is 12.1 Å². The number of sulfonamides is 1. The van der Waals surface area contributed by atoms with Crippen molar-refractivity contribution in [3.8, 4) is 0 Å². The predicted octanol–water partition coefficient (Wildman–Crippen LogP) is 1.85. The molecule has 3 N–H and O–H groups in total. The van der Waals surface area contributed by atoms with Crippen LogP contribution in [-0.2, 0) is 16.6 Å². The fraction of sp³-hybridized carbons (Fsp3) is 0.125. The zero-order chi connectivity index (χ0) is 18.2. The number of nitrogens with two attached hydrogens (primary N) is 1. The van der Waals surface area contributed by atoms with E-state index in [4.69, 9.17) is 9.56 Å². The van der Waals surface area contributed by atoms with Crippen molar-refractivity contribution in [2.45, 2.75) is 18.4 Å². The van der Waals surface area contributed by atoms with Gasteiger partial charge >= 0.3 is 0 Å². The van der Waals surface area contributed by atoms with Gasteiger partial charge in [0, 0.05) is 0 Å². The standard InChI is InChI=1S/C16H14FN3O4S/c1-9-3-2-4-13-15(9)20-14(24-13)8-19-16(21)11-7-10(25(18,22)23)5-6-12(11)17/h2-7H,8H2,1H3,(H,19,21)(H2,18,22,23). The van der Waals surface area contributed by atoms with Gasteiger partial charge in [0.15, 0.2) is 5.58 Å². The lowest BCUT2D eigenvalue weighted by Gasteiger charge is -2.06. The number of amides is 1. The highest BCUT2D eigenvalue weighted by molar-refractivity contribution is 7.89. The third kappa shape index (κ3) is 3.52. The molecule has 1 amide bonds. The summed E-state index contributed by atoms with van der Waals surface area (Å²) in [6.07, 6.45) is 0. The zero-order valence-corrected chi connectivity index (χ0v) is 13.9. The Bertz CT molecular complexity index is 1080. The molecule has 1 aromatic heterocycles. The van der Waals surface area contributed by atoms with E-state index in [-0.39, 0.29) is 17.3 Å². The molecule has 130 valence electrons. The molecule has 0 aliphatic rings. The normalized spacial score (nSPS) is 11.6. The number of aromatic nitrogens is 1. The largest absolute Gasteiger partial charge is 0.439 e. The van der Waals surface area contributed by atoms with E-state index in [1.54, 1.807) is 6.07 Å². The van der Waals surface area contributed by atoms with Gasteiger partial charge < -0.3 is 9.73 Å². The van der Waals surface area contributed by atoms with Gasteiger partial charge in [-0.05, 0) is 36.8 Å². The van der Waals surface area contributed by atoms with Crippen LogP contribution in [0.2, 0.25) is 0 Å². The summed E-state index contributed by atoms with van der Waals surface area (Å²) < 4.78 is 42.0. The van der Waals surface area contributed by atoms with Crippen LogP contribution >= 0.6 is 0 Å². The number of hydrogen-bond donors (Lipinski definition) is 2. The number of oxazole rings is 1. The summed E-state index contributed by atoms with van der Waals surface area (Å²) >= 11 is 0. The van der Waals surface area contributed by atoms with Crippen LogP contribution in [0.1, 0.15) is 21.8 Å². The van der Waals surface area contributed by atoms with Crippen LogP contribution in [0.25, 0.3) is 11.1 Å². The number of carbonyl (C=O) groups is 1. The Labute approximate surface area is 142 Å². The van der Waals surface area contributed by atoms with Crippen molar-refractivity contribution >= 4 is 27.0 Å². The Morgan fingerprint density at radius 1 is 1.32 bits per heavy atom. The molecule has 0 aliphatic heterocycles. The molecule has 0 saturated heterocycles. The number of fused-ring (bicyclic) bond motifs is 1. The topological polar surface area (TPSA) is 115 Å². The molecule has 0 aliphatic carbocycles. The van der Waals surface area contributed by atoms with Gasteiger partial charge in [-0.15, -0.1) is 0 Å². The molecule has 3 rings (SSSR count). The van der Waals surface area contributed by atoms with E-state index >= 15 is 0 Å². The Morgan fingerprint density at radius 2 is 2.08 bits per heavy atom. The number of carbonyl (C=O) groups excluding carboxylic acids is 1. The molecule has 0 spiro atoms. The van der Waals surface area contributed by atoms with E-state index in [1.165, 1.54) is 0 Å². The van der Waals surface area contributed by atoms with Crippen LogP contribution in [0, 0.1) is 12.7 Å². The molecule has 2 aromatic carbocycles. The Hall–Kier alpha value is -2.78. The summed E-state index contributed by atoms with van der Waals surface area (Å²) in [5, 5.41) is 7.44. The van der Waals surface area contributed by atoms with Crippen molar-refractivity contribution in [3.63, 3.8) is 0 Å². The minimum atomic E-state index is -4.04. The van der Waals surface area contributed by atoms with E-state index < -0.39 is 27.3 Å². The van der Waals surface area contributed by atoms with Crippen molar-refractivity contribution < 1.29 is 22.0 Å². The summed E-state index contributed by atoms with van der Waals surface area (Å²) in [7, 11) is -4.04. The number of benzene rings is 2. The van der Waals surface area contributed by atoms with Crippen molar-refractivity contribution in [2.75, 3.05) is 0 Å². The molecule has 0 bridgehead atoms. The Kier molecular flexibility index (Phi) is 4.27. The van der Waals surface area contributed by atoms with Crippen LogP contribution in [0.3, 0.4) is 0 Å². The summed E-state index contributed by atoms with van der Waals surface area (Å²) in [4.78, 5) is 16.1. The summed E-state index contributed by atoms with van der Waals surface area (Å²) in [6, 6.07) is 8.19. The van der Waals surface area contributed by atoms with Gasteiger partial charge in [0.1, 0.15) is 11.3 Å². The molecular formula is C16H14FN3O4S. The summed E-state index contributed by atoms with van der Waals surface area (Å²) in [6.45, 7) is 1.80. The molecule has 0 atom stereocenters. The monoisotopic (exact) mass is 363 g/mol. The van der Waals surface area contributed by atoms with Gasteiger partial charge in [-0.25, -0.2) is 22.9 Å². The van der Waals surface area contributed by atoms with Crippen molar-refractivity contribution in [1.82, 2.24) is 10.3 Å². The second-order valence-corrected chi connectivity index (χ2v) is 6.96. The van der Waals surface area contributed by atoms with Crippen LogP contribution in [0.15, 0.2) is 45.7 Å². The second kappa shape index (κ2) is 6.26. The molecule has 25 heavy (non-hydrogen) atoms.